The SMILES string of the molecule is CCOc1cc(/C=C(\C#N)c2ccc(OC)cc2)cc(I)c1OS(=O)(=O)c1ccc(C)cc1. The summed E-state index contributed by atoms with van der Waals surface area (Å²) in [7, 11) is -2.47. The van der Waals surface area contributed by atoms with Crippen molar-refractivity contribution in [3.05, 3.63) is 80.9 Å². The lowest BCUT2D eigenvalue weighted by atomic mass is 10.0. The van der Waals surface area contributed by atoms with Crippen LogP contribution in [0, 0.1) is 21.8 Å². The third-order valence-corrected chi connectivity index (χ3v) is 6.70. The van der Waals surface area contributed by atoms with Gasteiger partial charge in [-0.25, -0.2) is 0 Å². The number of rotatable bonds is 8. The van der Waals surface area contributed by atoms with Crippen molar-refractivity contribution in [2.45, 2.75) is 18.7 Å². The predicted molar refractivity (Wildman–Crippen MR) is 136 cm³/mol. The fourth-order valence-electron chi connectivity index (χ4n) is 3.00. The van der Waals surface area contributed by atoms with Crippen LogP contribution in [0.3, 0.4) is 0 Å². The fourth-order valence-corrected chi connectivity index (χ4v) is 4.84. The molecular weight excluding hydrogens is 553 g/mol. The van der Waals surface area contributed by atoms with Gasteiger partial charge < -0.3 is 13.7 Å². The van der Waals surface area contributed by atoms with Gasteiger partial charge >= 0.3 is 10.1 Å². The van der Waals surface area contributed by atoms with Crippen molar-refractivity contribution in [2.75, 3.05) is 13.7 Å². The van der Waals surface area contributed by atoms with Crippen molar-refractivity contribution < 1.29 is 22.1 Å². The lowest BCUT2D eigenvalue weighted by Gasteiger charge is -2.15. The molecule has 0 spiro atoms. The molecule has 0 aromatic heterocycles. The number of aryl methyl sites for hydroxylation is 1. The maximum atomic E-state index is 12.8. The summed E-state index contributed by atoms with van der Waals surface area (Å²) >= 11 is 2.00. The van der Waals surface area contributed by atoms with E-state index in [-0.39, 0.29) is 16.4 Å². The van der Waals surface area contributed by atoms with Crippen molar-refractivity contribution in [3.63, 3.8) is 0 Å². The van der Waals surface area contributed by atoms with Crippen LogP contribution in [0.4, 0.5) is 0 Å². The quantitative estimate of drug-likeness (QED) is 0.145. The molecule has 0 amide bonds. The van der Waals surface area contributed by atoms with Crippen LogP contribution in [-0.2, 0) is 10.1 Å². The summed E-state index contributed by atoms with van der Waals surface area (Å²) in [5.41, 5.74) is 2.79. The highest BCUT2D eigenvalue weighted by Crippen LogP contribution is 2.37. The number of nitrogens with zero attached hydrogens (tertiary/aromatic N) is 1. The fraction of sp³-hybridized carbons (Fsp3) is 0.160. The molecule has 3 rings (SSSR count). The van der Waals surface area contributed by atoms with E-state index in [0.29, 0.717) is 27.1 Å². The molecule has 0 N–H and O–H groups in total. The summed E-state index contributed by atoms with van der Waals surface area (Å²) < 4.78 is 42.5. The smallest absolute Gasteiger partial charge is 0.339 e. The Morgan fingerprint density at radius 3 is 2.33 bits per heavy atom. The van der Waals surface area contributed by atoms with Crippen LogP contribution in [-0.4, -0.2) is 22.1 Å². The topological polar surface area (TPSA) is 85.6 Å². The Labute approximate surface area is 207 Å². The van der Waals surface area contributed by atoms with Gasteiger partial charge in [0.15, 0.2) is 11.5 Å². The van der Waals surface area contributed by atoms with E-state index in [0.717, 1.165) is 11.1 Å². The second kappa shape index (κ2) is 10.7. The van der Waals surface area contributed by atoms with Crippen LogP contribution in [0.15, 0.2) is 65.6 Å². The molecule has 0 aliphatic carbocycles. The highest BCUT2D eigenvalue weighted by atomic mass is 127. The maximum Gasteiger partial charge on any atom is 0.339 e. The monoisotopic (exact) mass is 575 g/mol. The summed E-state index contributed by atoms with van der Waals surface area (Å²) in [5, 5.41) is 9.68. The molecule has 0 atom stereocenters. The molecule has 0 radical (unpaired) electrons. The number of allylic oxidation sites excluding steroid dienone is 1. The van der Waals surface area contributed by atoms with Gasteiger partial charge in [0.1, 0.15) is 10.6 Å². The molecule has 170 valence electrons. The number of hydrogen-bond donors (Lipinski definition) is 0. The van der Waals surface area contributed by atoms with Crippen molar-refractivity contribution in [2.24, 2.45) is 0 Å². The van der Waals surface area contributed by atoms with Gasteiger partial charge in [-0.3, -0.25) is 0 Å². The van der Waals surface area contributed by atoms with Gasteiger partial charge in [-0.1, -0.05) is 17.7 Å². The molecule has 3 aromatic carbocycles. The summed E-state index contributed by atoms with van der Waals surface area (Å²) in [5.74, 6) is 1.08. The summed E-state index contributed by atoms with van der Waals surface area (Å²) in [6.07, 6.45) is 1.71. The molecule has 6 nitrogen and oxygen atoms in total. The summed E-state index contributed by atoms with van der Waals surface area (Å²) in [6, 6.07) is 19.2. The molecule has 8 heteroatoms. The van der Waals surface area contributed by atoms with E-state index in [1.54, 1.807) is 68.6 Å². The minimum Gasteiger partial charge on any atom is -0.497 e. The first-order valence-corrected chi connectivity index (χ1v) is 12.5. The lowest BCUT2D eigenvalue weighted by molar-refractivity contribution is 0.327. The van der Waals surface area contributed by atoms with Crippen molar-refractivity contribution in [3.8, 4) is 23.3 Å². The summed E-state index contributed by atoms with van der Waals surface area (Å²) in [4.78, 5) is 0.0570. The number of ether oxygens (including phenoxy) is 2. The Hall–Kier alpha value is -3.03. The van der Waals surface area contributed by atoms with Gasteiger partial charge in [0.2, 0.25) is 0 Å². The van der Waals surface area contributed by atoms with Crippen LogP contribution >= 0.6 is 22.6 Å². The van der Waals surface area contributed by atoms with Crippen LogP contribution in [0.2, 0.25) is 0 Å². The van der Waals surface area contributed by atoms with Crippen LogP contribution in [0.25, 0.3) is 11.6 Å². The summed E-state index contributed by atoms with van der Waals surface area (Å²) in [6.45, 7) is 3.99. The van der Waals surface area contributed by atoms with Crippen molar-refractivity contribution >= 4 is 44.4 Å². The third kappa shape index (κ3) is 6.06. The molecule has 0 saturated heterocycles. The molecular formula is C25H22INO5S. The first-order valence-electron chi connectivity index (χ1n) is 10.0. The molecule has 0 saturated carbocycles. The average molecular weight is 575 g/mol. The van der Waals surface area contributed by atoms with Gasteiger partial charge in [-0.05, 0) is 102 Å². The van der Waals surface area contributed by atoms with Crippen LogP contribution < -0.4 is 13.7 Å². The Balaban J connectivity index is 2.00. The Kier molecular flexibility index (Phi) is 8.00. The third-order valence-electron chi connectivity index (χ3n) is 4.67. The van der Waals surface area contributed by atoms with Gasteiger partial charge in [-0.2, -0.15) is 13.7 Å². The Morgan fingerprint density at radius 2 is 1.76 bits per heavy atom. The van der Waals surface area contributed by atoms with Crippen LogP contribution in [0.5, 0.6) is 17.2 Å². The molecule has 0 aliphatic heterocycles. The number of nitriles is 1. The van der Waals surface area contributed by atoms with E-state index in [2.05, 4.69) is 6.07 Å². The standard InChI is InChI=1S/C25H22INO5S/c1-4-31-24-15-18(13-20(16-27)19-7-9-21(30-3)10-8-19)14-23(26)25(24)32-33(28,29)22-11-5-17(2)6-12-22/h5-15H,4H2,1-3H3/b20-13+. The van der Waals surface area contributed by atoms with E-state index in [4.69, 9.17) is 13.7 Å². The zero-order valence-electron chi connectivity index (χ0n) is 18.3. The average Bonchev–Trinajstić information content (AvgIpc) is 2.80. The molecule has 0 bridgehead atoms. The molecule has 3 aromatic rings. The minimum absolute atomic E-state index is 0.0570. The second-order valence-electron chi connectivity index (χ2n) is 7.01. The molecule has 0 heterocycles. The Morgan fingerprint density at radius 1 is 1.09 bits per heavy atom. The second-order valence-corrected chi connectivity index (χ2v) is 9.72. The number of halogens is 1. The largest absolute Gasteiger partial charge is 0.497 e. The van der Waals surface area contributed by atoms with E-state index < -0.39 is 10.1 Å². The van der Waals surface area contributed by atoms with Crippen molar-refractivity contribution in [1.82, 2.24) is 0 Å². The highest BCUT2D eigenvalue weighted by molar-refractivity contribution is 14.1. The molecule has 0 aliphatic rings. The van der Waals surface area contributed by atoms with E-state index >= 15 is 0 Å². The van der Waals surface area contributed by atoms with E-state index in [9.17, 15) is 13.7 Å². The first kappa shape index (κ1) is 24.6. The number of benzene rings is 3. The maximum absolute atomic E-state index is 12.8. The van der Waals surface area contributed by atoms with Gasteiger partial charge in [-0.15, -0.1) is 0 Å². The zero-order valence-corrected chi connectivity index (χ0v) is 21.3. The van der Waals surface area contributed by atoms with E-state index in [1.807, 2.05) is 29.5 Å². The van der Waals surface area contributed by atoms with Gasteiger partial charge in [0.25, 0.3) is 0 Å². The molecule has 0 fully saturated rings. The van der Waals surface area contributed by atoms with Gasteiger partial charge in [0, 0.05) is 0 Å². The van der Waals surface area contributed by atoms with Crippen molar-refractivity contribution in [1.29, 1.82) is 5.26 Å². The predicted octanol–water partition coefficient (Wildman–Crippen LogP) is 5.84. The first-order chi connectivity index (χ1) is 15.8. The zero-order chi connectivity index (χ0) is 24.0. The minimum atomic E-state index is -4.05. The number of methoxy groups -OCH3 is 1. The van der Waals surface area contributed by atoms with Crippen LogP contribution in [0.1, 0.15) is 23.6 Å². The normalized spacial score (nSPS) is 11.5. The van der Waals surface area contributed by atoms with E-state index in [1.165, 1.54) is 12.1 Å². The van der Waals surface area contributed by atoms with Gasteiger partial charge in [0.05, 0.1) is 28.9 Å². The lowest BCUT2D eigenvalue weighted by Crippen LogP contribution is -2.12. The molecule has 0 unspecified atom stereocenters. The molecule has 33 heavy (non-hydrogen) atoms. The highest BCUT2D eigenvalue weighted by Gasteiger charge is 2.22. The number of hydrogen-bond acceptors (Lipinski definition) is 6. The Bertz CT molecular complexity index is 1310.